The zero-order chi connectivity index (χ0) is 18.4. The quantitative estimate of drug-likeness (QED) is 0.848. The molecule has 0 saturated carbocycles. The normalized spacial score (nSPS) is 10.6. The molecule has 0 saturated heterocycles. The van der Waals surface area contributed by atoms with Crippen LogP contribution in [0.25, 0.3) is 0 Å². The number of halogens is 1. The standard InChI is InChI=1S/C19H22FN3O2/c1-13-7-6-10-16(14(13)2)21-18(24)11-23(3)12-19(25)22-17-9-5-4-8-15(17)20/h4-10H,11-12H2,1-3H3,(H,21,24)(H,22,25). The van der Waals surface area contributed by atoms with Gasteiger partial charge < -0.3 is 10.6 Å². The van der Waals surface area contributed by atoms with Crippen molar-refractivity contribution in [2.75, 3.05) is 30.8 Å². The number of para-hydroxylation sites is 1. The maximum atomic E-state index is 13.5. The van der Waals surface area contributed by atoms with Crippen molar-refractivity contribution in [2.24, 2.45) is 0 Å². The highest BCUT2D eigenvalue weighted by Gasteiger charge is 2.13. The number of aryl methyl sites for hydroxylation is 1. The third-order valence-electron chi connectivity index (χ3n) is 3.85. The SMILES string of the molecule is Cc1cccc(NC(=O)CN(C)CC(=O)Nc2ccccc2F)c1C. The first-order chi connectivity index (χ1) is 11.9. The largest absolute Gasteiger partial charge is 0.325 e. The molecule has 0 unspecified atom stereocenters. The predicted octanol–water partition coefficient (Wildman–Crippen LogP) is 2.95. The molecule has 0 aliphatic carbocycles. The third kappa shape index (κ3) is 5.39. The molecule has 6 heteroatoms. The lowest BCUT2D eigenvalue weighted by Crippen LogP contribution is -2.36. The number of rotatable bonds is 6. The average Bonchev–Trinajstić information content (AvgIpc) is 2.53. The first-order valence-electron chi connectivity index (χ1n) is 7.96. The topological polar surface area (TPSA) is 61.4 Å². The summed E-state index contributed by atoms with van der Waals surface area (Å²) in [6, 6.07) is 11.6. The van der Waals surface area contributed by atoms with Gasteiger partial charge in [-0.2, -0.15) is 0 Å². The van der Waals surface area contributed by atoms with Gasteiger partial charge in [0.05, 0.1) is 18.8 Å². The molecule has 0 atom stereocenters. The molecular weight excluding hydrogens is 321 g/mol. The summed E-state index contributed by atoms with van der Waals surface area (Å²) in [5.74, 6) is -1.09. The number of anilines is 2. The maximum Gasteiger partial charge on any atom is 0.238 e. The molecule has 0 aliphatic rings. The number of nitrogens with zero attached hydrogens (tertiary/aromatic N) is 1. The van der Waals surface area contributed by atoms with Crippen molar-refractivity contribution >= 4 is 23.2 Å². The van der Waals surface area contributed by atoms with E-state index in [0.29, 0.717) is 0 Å². The fourth-order valence-electron chi connectivity index (χ4n) is 2.37. The van der Waals surface area contributed by atoms with E-state index in [0.717, 1.165) is 16.8 Å². The van der Waals surface area contributed by atoms with E-state index in [2.05, 4.69) is 10.6 Å². The lowest BCUT2D eigenvalue weighted by Gasteiger charge is -2.17. The van der Waals surface area contributed by atoms with E-state index in [1.54, 1.807) is 24.1 Å². The fraction of sp³-hybridized carbons (Fsp3) is 0.263. The van der Waals surface area contributed by atoms with E-state index < -0.39 is 5.82 Å². The minimum atomic E-state index is -0.494. The van der Waals surface area contributed by atoms with Crippen LogP contribution >= 0.6 is 0 Å². The first-order valence-corrected chi connectivity index (χ1v) is 7.96. The van der Waals surface area contributed by atoms with Gasteiger partial charge in [0, 0.05) is 5.69 Å². The van der Waals surface area contributed by atoms with Crippen molar-refractivity contribution < 1.29 is 14.0 Å². The smallest absolute Gasteiger partial charge is 0.238 e. The Balaban J connectivity index is 1.86. The summed E-state index contributed by atoms with van der Waals surface area (Å²) in [5, 5.41) is 5.34. The molecule has 25 heavy (non-hydrogen) atoms. The molecule has 5 nitrogen and oxygen atoms in total. The van der Waals surface area contributed by atoms with E-state index in [1.807, 2.05) is 32.0 Å². The zero-order valence-corrected chi connectivity index (χ0v) is 14.6. The minimum absolute atomic E-state index is 0.0193. The number of amides is 2. The predicted molar refractivity (Wildman–Crippen MR) is 97.1 cm³/mol. The molecule has 0 heterocycles. The molecular formula is C19H22FN3O2. The Morgan fingerprint density at radius 3 is 2.12 bits per heavy atom. The van der Waals surface area contributed by atoms with E-state index in [1.165, 1.54) is 12.1 Å². The summed E-state index contributed by atoms with van der Waals surface area (Å²) in [6.07, 6.45) is 0. The highest BCUT2D eigenvalue weighted by atomic mass is 19.1. The Morgan fingerprint density at radius 1 is 0.920 bits per heavy atom. The minimum Gasteiger partial charge on any atom is -0.325 e. The molecule has 2 aromatic rings. The summed E-state index contributed by atoms with van der Waals surface area (Å²) >= 11 is 0. The van der Waals surface area contributed by atoms with Crippen molar-refractivity contribution in [3.05, 3.63) is 59.4 Å². The van der Waals surface area contributed by atoms with Gasteiger partial charge in [0.15, 0.2) is 0 Å². The maximum absolute atomic E-state index is 13.5. The second-order valence-electron chi connectivity index (χ2n) is 6.00. The van der Waals surface area contributed by atoms with Gasteiger partial charge in [-0.25, -0.2) is 4.39 Å². The molecule has 0 spiro atoms. The summed E-state index contributed by atoms with van der Waals surface area (Å²) < 4.78 is 13.5. The molecule has 0 aromatic heterocycles. The van der Waals surface area contributed by atoms with Crippen LogP contribution in [0, 0.1) is 19.7 Å². The van der Waals surface area contributed by atoms with Gasteiger partial charge in [-0.15, -0.1) is 0 Å². The highest BCUT2D eigenvalue weighted by molar-refractivity contribution is 5.95. The van der Waals surface area contributed by atoms with Crippen molar-refractivity contribution in [3.8, 4) is 0 Å². The van der Waals surface area contributed by atoms with Crippen LogP contribution in [-0.4, -0.2) is 36.9 Å². The lowest BCUT2D eigenvalue weighted by molar-refractivity contribution is -0.119. The molecule has 2 aromatic carbocycles. The van der Waals surface area contributed by atoms with Crippen LogP contribution in [0.3, 0.4) is 0 Å². The highest BCUT2D eigenvalue weighted by Crippen LogP contribution is 2.17. The molecule has 0 aliphatic heterocycles. The summed E-state index contributed by atoms with van der Waals surface area (Å²) in [4.78, 5) is 25.7. The van der Waals surface area contributed by atoms with Gasteiger partial charge in [-0.3, -0.25) is 14.5 Å². The number of hydrogen-bond acceptors (Lipinski definition) is 3. The molecule has 2 amide bonds. The Hall–Kier alpha value is -2.73. The Bertz CT molecular complexity index is 777. The number of likely N-dealkylation sites (N-methyl/N-ethyl adjacent to an activating group) is 1. The lowest BCUT2D eigenvalue weighted by atomic mass is 10.1. The third-order valence-corrected chi connectivity index (χ3v) is 3.85. The van der Waals surface area contributed by atoms with Crippen molar-refractivity contribution in [1.82, 2.24) is 4.90 Å². The summed E-state index contributed by atoms with van der Waals surface area (Å²) in [6.45, 7) is 3.95. The first kappa shape index (κ1) is 18.6. The Labute approximate surface area is 146 Å². The summed E-state index contributed by atoms with van der Waals surface area (Å²) in [5.41, 5.74) is 2.99. The van der Waals surface area contributed by atoms with Gasteiger partial charge in [0.25, 0.3) is 0 Å². The number of carbonyl (C=O) groups is 2. The van der Waals surface area contributed by atoms with E-state index in [4.69, 9.17) is 0 Å². The fourth-order valence-corrected chi connectivity index (χ4v) is 2.37. The van der Waals surface area contributed by atoms with Crippen LogP contribution in [0.2, 0.25) is 0 Å². The number of nitrogens with one attached hydrogen (secondary N) is 2. The monoisotopic (exact) mass is 343 g/mol. The van der Waals surface area contributed by atoms with E-state index in [9.17, 15) is 14.0 Å². The molecule has 0 bridgehead atoms. The zero-order valence-electron chi connectivity index (χ0n) is 14.6. The van der Waals surface area contributed by atoms with Gasteiger partial charge in [-0.1, -0.05) is 24.3 Å². The van der Waals surface area contributed by atoms with E-state index in [-0.39, 0.29) is 30.6 Å². The average molecular weight is 343 g/mol. The van der Waals surface area contributed by atoms with Gasteiger partial charge >= 0.3 is 0 Å². The van der Waals surface area contributed by atoms with Crippen LogP contribution in [0.5, 0.6) is 0 Å². The molecule has 0 radical (unpaired) electrons. The van der Waals surface area contributed by atoms with E-state index >= 15 is 0 Å². The van der Waals surface area contributed by atoms with Crippen molar-refractivity contribution in [2.45, 2.75) is 13.8 Å². The second-order valence-corrected chi connectivity index (χ2v) is 6.00. The van der Waals surface area contributed by atoms with Crippen LogP contribution in [0.4, 0.5) is 15.8 Å². The number of hydrogen-bond donors (Lipinski definition) is 2. The second kappa shape index (κ2) is 8.39. The molecule has 2 rings (SSSR count). The van der Waals surface area contributed by atoms with Crippen molar-refractivity contribution in [1.29, 1.82) is 0 Å². The van der Waals surface area contributed by atoms with Crippen LogP contribution in [-0.2, 0) is 9.59 Å². The van der Waals surface area contributed by atoms with Crippen LogP contribution in [0.1, 0.15) is 11.1 Å². The van der Waals surface area contributed by atoms with Gasteiger partial charge in [-0.05, 0) is 50.2 Å². The number of carbonyl (C=O) groups excluding carboxylic acids is 2. The van der Waals surface area contributed by atoms with Crippen LogP contribution < -0.4 is 10.6 Å². The Kier molecular flexibility index (Phi) is 6.25. The van der Waals surface area contributed by atoms with Gasteiger partial charge in [0.1, 0.15) is 5.82 Å². The van der Waals surface area contributed by atoms with Gasteiger partial charge in [0.2, 0.25) is 11.8 Å². The van der Waals surface area contributed by atoms with Crippen molar-refractivity contribution in [3.63, 3.8) is 0 Å². The summed E-state index contributed by atoms with van der Waals surface area (Å²) in [7, 11) is 1.66. The molecule has 0 fully saturated rings. The van der Waals surface area contributed by atoms with Crippen LogP contribution in [0.15, 0.2) is 42.5 Å². The molecule has 2 N–H and O–H groups in total. The number of benzene rings is 2. The Morgan fingerprint density at radius 2 is 1.48 bits per heavy atom. The molecule has 132 valence electrons.